The highest BCUT2D eigenvalue weighted by Gasteiger charge is 2.42. The van der Waals surface area contributed by atoms with E-state index in [1.165, 1.54) is 17.0 Å². The van der Waals surface area contributed by atoms with E-state index in [0.717, 1.165) is 12.8 Å². The lowest BCUT2D eigenvalue weighted by atomic mass is 9.90. The van der Waals surface area contributed by atoms with Gasteiger partial charge >= 0.3 is 5.97 Å². The van der Waals surface area contributed by atoms with E-state index in [0.29, 0.717) is 24.1 Å². The Bertz CT molecular complexity index is 831. The van der Waals surface area contributed by atoms with Crippen molar-refractivity contribution in [3.05, 3.63) is 29.3 Å². The molecule has 3 rings (SSSR count). The van der Waals surface area contributed by atoms with Crippen molar-refractivity contribution in [1.29, 1.82) is 0 Å². The summed E-state index contributed by atoms with van der Waals surface area (Å²) < 4.78 is 27.3. The third-order valence-corrected chi connectivity index (χ3v) is 6.44. The summed E-state index contributed by atoms with van der Waals surface area (Å²) >= 11 is 0. The van der Waals surface area contributed by atoms with Crippen molar-refractivity contribution in [3.8, 4) is 0 Å². The summed E-state index contributed by atoms with van der Waals surface area (Å²) in [7, 11) is -3.64. The number of rotatable bonds is 5. The summed E-state index contributed by atoms with van der Waals surface area (Å²) in [5, 5.41) is 9.31. The van der Waals surface area contributed by atoms with Crippen LogP contribution in [0, 0.1) is 12.3 Å². The lowest BCUT2D eigenvalue weighted by molar-refractivity contribution is -0.147. The zero-order valence-electron chi connectivity index (χ0n) is 14.3. The van der Waals surface area contributed by atoms with Crippen LogP contribution < -0.4 is 4.72 Å². The molecule has 1 aromatic carbocycles. The number of carbonyl (C=O) groups excluding carboxylic acids is 1. The molecule has 0 bridgehead atoms. The first kappa shape index (κ1) is 17.9. The number of nitrogens with zero attached hydrogens (tertiary/aromatic N) is 1. The van der Waals surface area contributed by atoms with Crippen molar-refractivity contribution in [3.63, 3.8) is 0 Å². The molecule has 0 radical (unpaired) electrons. The van der Waals surface area contributed by atoms with Gasteiger partial charge in [-0.3, -0.25) is 9.59 Å². The Morgan fingerprint density at radius 1 is 1.32 bits per heavy atom. The van der Waals surface area contributed by atoms with Gasteiger partial charge in [-0.1, -0.05) is 6.07 Å². The molecule has 25 heavy (non-hydrogen) atoms. The Hall–Kier alpha value is -1.93. The van der Waals surface area contributed by atoms with Gasteiger partial charge < -0.3 is 10.0 Å². The lowest BCUT2D eigenvalue weighted by Gasteiger charge is -2.21. The van der Waals surface area contributed by atoms with Crippen molar-refractivity contribution < 1.29 is 23.1 Å². The third kappa shape index (κ3) is 3.55. The monoisotopic (exact) mass is 366 g/mol. The number of hydrogen-bond acceptors (Lipinski definition) is 4. The van der Waals surface area contributed by atoms with Crippen LogP contribution in [0.25, 0.3) is 0 Å². The molecule has 8 heteroatoms. The van der Waals surface area contributed by atoms with Crippen LogP contribution in [0.5, 0.6) is 0 Å². The molecular weight excluding hydrogens is 344 g/mol. The van der Waals surface area contributed by atoms with Crippen molar-refractivity contribution in [2.75, 3.05) is 13.1 Å². The van der Waals surface area contributed by atoms with E-state index in [2.05, 4.69) is 4.72 Å². The highest BCUT2D eigenvalue weighted by Crippen LogP contribution is 2.32. The van der Waals surface area contributed by atoms with Crippen LogP contribution in [0.1, 0.15) is 42.1 Å². The fraction of sp³-hybridized carbons (Fsp3) is 0.529. The molecule has 0 spiro atoms. The van der Waals surface area contributed by atoms with E-state index < -0.39 is 21.4 Å². The predicted molar refractivity (Wildman–Crippen MR) is 90.8 cm³/mol. The number of amides is 1. The van der Waals surface area contributed by atoms with Crippen LogP contribution in [0.15, 0.2) is 23.1 Å². The minimum absolute atomic E-state index is 0.0136. The number of hydrogen-bond donors (Lipinski definition) is 2. The van der Waals surface area contributed by atoms with Gasteiger partial charge in [-0.15, -0.1) is 0 Å². The van der Waals surface area contributed by atoms with Gasteiger partial charge in [0.05, 0.1) is 10.3 Å². The van der Waals surface area contributed by atoms with Crippen molar-refractivity contribution in [2.45, 2.75) is 44.0 Å². The average Bonchev–Trinajstić information content (AvgIpc) is 3.24. The summed E-state index contributed by atoms with van der Waals surface area (Å²) in [6.07, 6.45) is 2.05. The van der Waals surface area contributed by atoms with Crippen molar-refractivity contribution in [1.82, 2.24) is 9.62 Å². The van der Waals surface area contributed by atoms with Crippen LogP contribution in [0.4, 0.5) is 0 Å². The molecule has 1 aliphatic carbocycles. The molecule has 2 N–H and O–H groups in total. The van der Waals surface area contributed by atoms with Gasteiger partial charge in [0.15, 0.2) is 0 Å². The molecule has 1 aliphatic heterocycles. The molecule has 136 valence electrons. The summed E-state index contributed by atoms with van der Waals surface area (Å²) in [6.45, 7) is 3.83. The minimum atomic E-state index is -3.64. The second kappa shape index (κ2) is 6.10. The number of likely N-dealkylation sites (tertiary alicyclic amines) is 1. The molecule has 1 aromatic rings. The van der Waals surface area contributed by atoms with Gasteiger partial charge in [0.2, 0.25) is 10.0 Å². The van der Waals surface area contributed by atoms with E-state index in [1.54, 1.807) is 19.9 Å². The molecular formula is C17H22N2O5S. The first-order chi connectivity index (χ1) is 11.6. The van der Waals surface area contributed by atoms with Gasteiger partial charge in [-0.2, -0.15) is 0 Å². The number of aryl methyl sites for hydroxylation is 1. The van der Waals surface area contributed by atoms with Crippen LogP contribution in [0.3, 0.4) is 0 Å². The number of carboxylic acid groups (broad SMARTS) is 1. The van der Waals surface area contributed by atoms with Crippen molar-refractivity contribution >= 4 is 21.9 Å². The number of aliphatic carboxylic acids is 1. The second-order valence-electron chi connectivity index (χ2n) is 7.21. The Balaban J connectivity index is 1.86. The molecule has 2 aliphatic rings. The highest BCUT2D eigenvalue weighted by molar-refractivity contribution is 7.89. The average molecular weight is 366 g/mol. The van der Waals surface area contributed by atoms with Crippen LogP contribution in [-0.2, 0) is 14.8 Å². The molecule has 1 atom stereocenters. The molecule has 7 nitrogen and oxygen atoms in total. The fourth-order valence-corrected chi connectivity index (χ4v) is 4.30. The third-order valence-electron chi connectivity index (χ3n) is 4.93. The molecule has 2 fully saturated rings. The number of carbonyl (C=O) groups is 2. The molecule has 1 unspecified atom stereocenters. The molecule has 1 amide bonds. The Labute approximate surface area is 147 Å². The largest absolute Gasteiger partial charge is 0.481 e. The van der Waals surface area contributed by atoms with Gasteiger partial charge in [0.25, 0.3) is 5.91 Å². The normalized spacial score (nSPS) is 23.7. The quantitative estimate of drug-likeness (QED) is 0.819. The van der Waals surface area contributed by atoms with E-state index in [9.17, 15) is 23.1 Å². The predicted octanol–water partition coefficient (Wildman–Crippen LogP) is 1.37. The lowest BCUT2D eigenvalue weighted by Crippen LogP contribution is -2.35. The SMILES string of the molecule is Cc1ccc(S(=O)(=O)NC2CC2)cc1C(=O)N1CCC(C)(C(=O)O)C1. The zero-order chi connectivity index (χ0) is 18.4. The maximum Gasteiger partial charge on any atom is 0.311 e. The molecule has 1 saturated heterocycles. The van der Waals surface area contributed by atoms with Crippen LogP contribution in [0.2, 0.25) is 0 Å². The number of benzene rings is 1. The van der Waals surface area contributed by atoms with Gasteiger partial charge in [-0.25, -0.2) is 13.1 Å². The van der Waals surface area contributed by atoms with Crippen LogP contribution in [-0.4, -0.2) is 49.4 Å². The van der Waals surface area contributed by atoms with E-state index in [4.69, 9.17) is 0 Å². The van der Waals surface area contributed by atoms with Gasteiger partial charge in [0.1, 0.15) is 0 Å². The van der Waals surface area contributed by atoms with Crippen LogP contribution >= 0.6 is 0 Å². The first-order valence-electron chi connectivity index (χ1n) is 8.28. The van der Waals surface area contributed by atoms with E-state index in [-0.39, 0.29) is 23.4 Å². The van der Waals surface area contributed by atoms with E-state index in [1.807, 2.05) is 0 Å². The summed E-state index contributed by atoms with van der Waals surface area (Å²) in [5.74, 6) is -1.25. The summed E-state index contributed by atoms with van der Waals surface area (Å²) in [6, 6.07) is 4.47. The van der Waals surface area contributed by atoms with Gasteiger partial charge in [0, 0.05) is 24.7 Å². The molecule has 1 heterocycles. The number of sulfonamides is 1. The Kier molecular flexibility index (Phi) is 4.36. The summed E-state index contributed by atoms with van der Waals surface area (Å²) in [4.78, 5) is 25.7. The van der Waals surface area contributed by atoms with Crippen molar-refractivity contribution in [2.24, 2.45) is 5.41 Å². The second-order valence-corrected chi connectivity index (χ2v) is 8.93. The highest BCUT2D eigenvalue weighted by atomic mass is 32.2. The maximum absolute atomic E-state index is 12.8. The minimum Gasteiger partial charge on any atom is -0.481 e. The maximum atomic E-state index is 12.8. The fourth-order valence-electron chi connectivity index (χ4n) is 2.97. The smallest absolute Gasteiger partial charge is 0.311 e. The zero-order valence-corrected chi connectivity index (χ0v) is 15.1. The first-order valence-corrected chi connectivity index (χ1v) is 9.76. The Morgan fingerprint density at radius 2 is 2.00 bits per heavy atom. The Morgan fingerprint density at radius 3 is 2.56 bits per heavy atom. The molecule has 0 aromatic heterocycles. The van der Waals surface area contributed by atoms with E-state index >= 15 is 0 Å². The summed E-state index contributed by atoms with van der Waals surface area (Å²) in [5.41, 5.74) is 0.00782. The van der Waals surface area contributed by atoms with Gasteiger partial charge in [-0.05, 0) is 50.8 Å². The number of carboxylic acids is 1. The number of nitrogens with one attached hydrogen (secondary N) is 1. The standard InChI is InChI=1S/C17H22N2O5S/c1-11-3-6-13(25(23,24)18-12-4-5-12)9-14(11)15(20)19-8-7-17(2,10-19)16(21)22/h3,6,9,12,18H,4-5,7-8,10H2,1-2H3,(H,21,22). The topological polar surface area (TPSA) is 104 Å². The molecule has 1 saturated carbocycles.